The van der Waals surface area contributed by atoms with Gasteiger partial charge in [-0.1, -0.05) is 128 Å². The van der Waals surface area contributed by atoms with E-state index in [9.17, 15) is 24.0 Å². The second-order valence-electron chi connectivity index (χ2n) is 13.0. The van der Waals surface area contributed by atoms with E-state index in [4.69, 9.17) is 9.47 Å². The number of ether oxygens (including phenoxy) is 2. The van der Waals surface area contributed by atoms with Gasteiger partial charge in [0.25, 0.3) is 0 Å². The molecule has 2 unspecified atom stereocenters. The molecule has 270 valence electrons. The van der Waals surface area contributed by atoms with Crippen molar-refractivity contribution >= 4 is 29.4 Å². The third-order valence-corrected chi connectivity index (χ3v) is 9.00. The number of rotatable bonds is 25. The SMILES string of the molecule is CCCCCCCC(=O)c1ccc(CCOC(=O)C(CC)(NC(C)=O)C(=O)OC(CC)Cc2ccc(C(=O)CCCCCCC)cc2)cc1. The van der Waals surface area contributed by atoms with Crippen molar-refractivity contribution in [2.24, 2.45) is 0 Å². The van der Waals surface area contributed by atoms with Crippen LogP contribution in [0.15, 0.2) is 48.5 Å². The number of hydrogen-bond acceptors (Lipinski definition) is 7. The van der Waals surface area contributed by atoms with Crippen molar-refractivity contribution in [1.82, 2.24) is 5.32 Å². The molecule has 2 atom stereocenters. The van der Waals surface area contributed by atoms with Crippen molar-refractivity contribution in [2.45, 2.75) is 149 Å². The highest BCUT2D eigenvalue weighted by molar-refractivity contribution is 6.07. The molecule has 0 aliphatic rings. The monoisotopic (exact) mass is 677 g/mol. The molecule has 0 aliphatic carbocycles. The van der Waals surface area contributed by atoms with E-state index in [2.05, 4.69) is 19.2 Å². The zero-order valence-corrected chi connectivity index (χ0v) is 30.6. The Morgan fingerprint density at radius 2 is 1.14 bits per heavy atom. The highest BCUT2D eigenvalue weighted by Gasteiger charge is 2.49. The number of hydrogen-bond donors (Lipinski definition) is 1. The van der Waals surface area contributed by atoms with Crippen molar-refractivity contribution in [2.75, 3.05) is 6.61 Å². The van der Waals surface area contributed by atoms with Crippen LogP contribution in [0.1, 0.15) is 156 Å². The van der Waals surface area contributed by atoms with Crippen molar-refractivity contribution in [3.8, 4) is 0 Å². The Bertz CT molecular complexity index is 1320. The van der Waals surface area contributed by atoms with E-state index in [1.165, 1.54) is 32.6 Å². The molecule has 1 N–H and O–H groups in total. The summed E-state index contributed by atoms with van der Waals surface area (Å²) < 4.78 is 11.4. The third kappa shape index (κ3) is 14.3. The first-order chi connectivity index (χ1) is 23.6. The predicted molar refractivity (Wildman–Crippen MR) is 194 cm³/mol. The molecule has 8 nitrogen and oxygen atoms in total. The molecule has 49 heavy (non-hydrogen) atoms. The molecule has 0 aromatic heterocycles. The van der Waals surface area contributed by atoms with Crippen LogP contribution in [0.5, 0.6) is 0 Å². The Morgan fingerprint density at radius 3 is 1.59 bits per heavy atom. The number of unbranched alkanes of at least 4 members (excludes halogenated alkanes) is 8. The lowest BCUT2D eigenvalue weighted by Crippen LogP contribution is -2.61. The number of esters is 2. The molecule has 0 aliphatic heterocycles. The quantitative estimate of drug-likeness (QED) is 0.0484. The van der Waals surface area contributed by atoms with Gasteiger partial charge >= 0.3 is 11.9 Å². The predicted octanol–water partition coefficient (Wildman–Crippen LogP) is 8.71. The molecule has 0 heterocycles. The van der Waals surface area contributed by atoms with Gasteiger partial charge in [-0.2, -0.15) is 0 Å². The van der Waals surface area contributed by atoms with Crippen LogP contribution in [0.3, 0.4) is 0 Å². The van der Waals surface area contributed by atoms with Crippen LogP contribution in [-0.4, -0.2) is 47.7 Å². The molecule has 0 fully saturated rings. The van der Waals surface area contributed by atoms with Crippen LogP contribution in [-0.2, 0) is 36.7 Å². The van der Waals surface area contributed by atoms with Gasteiger partial charge < -0.3 is 14.8 Å². The second kappa shape index (κ2) is 22.8. The maximum atomic E-state index is 13.6. The first-order valence-electron chi connectivity index (χ1n) is 18.5. The summed E-state index contributed by atoms with van der Waals surface area (Å²) >= 11 is 0. The molecule has 0 bridgehead atoms. The number of benzene rings is 2. The van der Waals surface area contributed by atoms with Crippen molar-refractivity contribution in [1.29, 1.82) is 0 Å². The van der Waals surface area contributed by atoms with Gasteiger partial charge in [-0.15, -0.1) is 0 Å². The third-order valence-electron chi connectivity index (χ3n) is 9.00. The van der Waals surface area contributed by atoms with E-state index in [0.717, 1.165) is 49.7 Å². The van der Waals surface area contributed by atoms with E-state index in [-0.39, 0.29) is 24.6 Å². The van der Waals surface area contributed by atoms with Gasteiger partial charge in [0.1, 0.15) is 6.10 Å². The van der Waals surface area contributed by atoms with Gasteiger partial charge in [0.15, 0.2) is 11.6 Å². The van der Waals surface area contributed by atoms with Gasteiger partial charge in [-0.25, -0.2) is 9.59 Å². The lowest BCUT2D eigenvalue weighted by atomic mass is 9.95. The van der Waals surface area contributed by atoms with E-state index in [0.29, 0.717) is 43.2 Å². The van der Waals surface area contributed by atoms with Crippen molar-refractivity contribution in [3.05, 3.63) is 70.8 Å². The van der Waals surface area contributed by atoms with Crippen LogP contribution in [0.4, 0.5) is 0 Å². The Kier molecular flexibility index (Phi) is 19.2. The highest BCUT2D eigenvalue weighted by Crippen LogP contribution is 2.21. The molecule has 8 heteroatoms. The zero-order chi connectivity index (χ0) is 36.1. The molecule has 0 saturated carbocycles. The van der Waals surface area contributed by atoms with Crippen LogP contribution in [0.2, 0.25) is 0 Å². The first-order valence-corrected chi connectivity index (χ1v) is 18.5. The van der Waals surface area contributed by atoms with Crippen LogP contribution in [0, 0.1) is 0 Å². The number of amides is 1. The first kappa shape index (κ1) is 41.4. The Morgan fingerprint density at radius 1 is 0.653 bits per heavy atom. The van der Waals surface area contributed by atoms with Crippen LogP contribution < -0.4 is 5.32 Å². The van der Waals surface area contributed by atoms with Crippen molar-refractivity contribution < 1.29 is 33.4 Å². The van der Waals surface area contributed by atoms with Gasteiger partial charge in [-0.05, 0) is 36.8 Å². The normalized spacial score (nSPS) is 12.8. The molecule has 0 saturated heterocycles. The summed E-state index contributed by atoms with van der Waals surface area (Å²) in [5.41, 5.74) is 1.11. The second-order valence-corrected chi connectivity index (χ2v) is 13.0. The largest absolute Gasteiger partial charge is 0.463 e. The average Bonchev–Trinajstić information content (AvgIpc) is 3.10. The molecule has 0 spiro atoms. The summed E-state index contributed by atoms with van der Waals surface area (Å²) in [6, 6.07) is 14.6. The van der Waals surface area contributed by atoms with Crippen LogP contribution >= 0.6 is 0 Å². The van der Waals surface area contributed by atoms with Gasteiger partial charge in [0, 0.05) is 43.7 Å². The summed E-state index contributed by atoms with van der Waals surface area (Å²) in [7, 11) is 0. The average molecular weight is 678 g/mol. The lowest BCUT2D eigenvalue weighted by molar-refractivity contribution is -0.171. The Labute approximate surface area is 294 Å². The topological polar surface area (TPSA) is 116 Å². The summed E-state index contributed by atoms with van der Waals surface area (Å²) in [5.74, 6) is -2.05. The van der Waals surface area contributed by atoms with Gasteiger partial charge in [0.05, 0.1) is 6.61 Å². The Balaban J connectivity index is 1.97. The number of carbonyl (C=O) groups is 5. The molecule has 1 amide bonds. The number of nitrogens with one attached hydrogen (secondary N) is 1. The molecular formula is C41H59NO7. The number of carbonyl (C=O) groups excluding carboxylic acids is 5. The summed E-state index contributed by atoms with van der Waals surface area (Å²) in [6.45, 7) is 9.06. The van der Waals surface area contributed by atoms with Crippen LogP contribution in [0.25, 0.3) is 0 Å². The molecular weight excluding hydrogens is 618 g/mol. The summed E-state index contributed by atoms with van der Waals surface area (Å²) in [6.07, 6.45) is 12.6. The maximum Gasteiger partial charge on any atom is 0.343 e. The number of Topliss-reactive ketones (excluding diaryl/α,β-unsaturated/α-hetero) is 2. The molecule has 2 aromatic carbocycles. The minimum Gasteiger partial charge on any atom is -0.463 e. The molecule has 2 aromatic rings. The standard InChI is InChI=1S/C41H59NO7/c1-6-10-12-14-16-18-37(44)34-24-20-32(21-25-34)28-29-48-39(46)41(9-4,42-31(5)43)40(47)49-36(8-3)30-33-22-26-35(27-23-33)38(45)19-17-15-13-11-7-2/h20-27,36H,6-19,28-30H2,1-5H3,(H,42,43). The summed E-state index contributed by atoms with van der Waals surface area (Å²) in [4.78, 5) is 64.3. The summed E-state index contributed by atoms with van der Waals surface area (Å²) in [5, 5.41) is 2.52. The molecule has 2 rings (SSSR count). The fourth-order valence-electron chi connectivity index (χ4n) is 5.78. The minimum absolute atomic E-state index is 0.0147. The van der Waals surface area contributed by atoms with Crippen molar-refractivity contribution in [3.63, 3.8) is 0 Å². The van der Waals surface area contributed by atoms with Gasteiger partial charge in [0.2, 0.25) is 11.4 Å². The molecule has 0 radical (unpaired) electrons. The maximum absolute atomic E-state index is 13.6. The minimum atomic E-state index is -1.99. The van der Waals surface area contributed by atoms with Gasteiger partial charge in [-0.3, -0.25) is 14.4 Å². The van der Waals surface area contributed by atoms with E-state index in [1.807, 2.05) is 43.3 Å². The Hall–Kier alpha value is -3.81. The fourth-order valence-corrected chi connectivity index (χ4v) is 5.78. The fraction of sp³-hybridized carbons (Fsp3) is 0.585. The number of ketones is 2. The lowest BCUT2D eigenvalue weighted by Gasteiger charge is -2.30. The zero-order valence-electron chi connectivity index (χ0n) is 30.6. The van der Waals surface area contributed by atoms with E-state index < -0.39 is 29.5 Å². The smallest absolute Gasteiger partial charge is 0.343 e. The highest BCUT2D eigenvalue weighted by atomic mass is 16.6. The van der Waals surface area contributed by atoms with E-state index >= 15 is 0 Å². The van der Waals surface area contributed by atoms with E-state index in [1.54, 1.807) is 19.1 Å².